The number of aromatic nitrogens is 5. The minimum Gasteiger partial charge on any atom is -0.336 e. The fourth-order valence-corrected chi connectivity index (χ4v) is 7.28. The maximum absolute atomic E-state index is 13.5. The summed E-state index contributed by atoms with van der Waals surface area (Å²) in [5.74, 6) is -0.342. The van der Waals surface area contributed by atoms with E-state index in [0.29, 0.717) is 48.2 Å². The second kappa shape index (κ2) is 9.38. The Bertz CT molecular complexity index is 1920. The summed E-state index contributed by atoms with van der Waals surface area (Å²) >= 11 is 0. The van der Waals surface area contributed by atoms with Crippen molar-refractivity contribution in [2.45, 2.75) is 30.7 Å². The number of sulfonamides is 1. The molecule has 2 aliphatic heterocycles. The molecule has 5 aromatic rings. The quantitative estimate of drug-likeness (QED) is 0.353. The first-order valence-corrected chi connectivity index (χ1v) is 14.5. The molecule has 13 heteroatoms. The van der Waals surface area contributed by atoms with Crippen LogP contribution in [0.4, 0.5) is 0 Å². The number of nitrogens with zero attached hydrogens (tertiary/aromatic N) is 6. The number of carbonyl (C=O) groups is 1. The van der Waals surface area contributed by atoms with Crippen LogP contribution < -0.4 is 5.56 Å². The predicted molar refractivity (Wildman–Crippen MR) is 144 cm³/mol. The van der Waals surface area contributed by atoms with Gasteiger partial charge in [-0.25, -0.2) is 22.5 Å². The monoisotopic (exact) mass is 559 g/mol. The highest BCUT2D eigenvalue weighted by molar-refractivity contribution is 7.89. The van der Waals surface area contributed by atoms with Crippen LogP contribution in [0.2, 0.25) is 0 Å². The zero-order valence-electron chi connectivity index (χ0n) is 21.4. The Balaban J connectivity index is 1.07. The summed E-state index contributed by atoms with van der Waals surface area (Å²) in [5, 5.41) is 10.6. The lowest BCUT2D eigenvalue weighted by Crippen LogP contribution is -2.46. The normalized spacial score (nSPS) is 16.9. The Morgan fingerprint density at radius 2 is 1.80 bits per heavy atom. The Kier molecular flexibility index (Phi) is 5.78. The lowest BCUT2D eigenvalue weighted by Gasteiger charge is -2.35. The number of rotatable bonds is 4. The summed E-state index contributed by atoms with van der Waals surface area (Å²) in [6.07, 6.45) is 1.22. The summed E-state index contributed by atoms with van der Waals surface area (Å²) < 4.78 is 34.2. The fourth-order valence-electron chi connectivity index (χ4n) is 5.68. The van der Waals surface area contributed by atoms with E-state index in [-0.39, 0.29) is 47.4 Å². The van der Waals surface area contributed by atoms with Crippen LogP contribution in [-0.2, 0) is 27.8 Å². The van der Waals surface area contributed by atoms with Crippen LogP contribution >= 0.6 is 0 Å². The summed E-state index contributed by atoms with van der Waals surface area (Å²) in [4.78, 5) is 33.2. The fraction of sp³-hybridized carbons (Fsp3) is 0.296. The van der Waals surface area contributed by atoms with Gasteiger partial charge < -0.3 is 4.90 Å². The molecule has 0 bridgehead atoms. The molecule has 1 amide bonds. The Morgan fingerprint density at radius 1 is 1.00 bits per heavy atom. The third-order valence-corrected chi connectivity index (χ3v) is 9.76. The van der Waals surface area contributed by atoms with E-state index < -0.39 is 10.0 Å². The minimum absolute atomic E-state index is 0.0356. The number of fused-ring (bicyclic) bond motifs is 3. The highest BCUT2D eigenvalue weighted by Gasteiger charge is 2.36. The zero-order chi connectivity index (χ0) is 27.4. The average Bonchev–Trinajstić information content (AvgIpc) is 3.65. The predicted octanol–water partition coefficient (Wildman–Crippen LogP) is 2.21. The van der Waals surface area contributed by atoms with Gasteiger partial charge in [0.05, 0.1) is 17.9 Å². The van der Waals surface area contributed by atoms with Gasteiger partial charge in [-0.05, 0) is 47.3 Å². The number of nitrogens with one attached hydrogen (secondary N) is 1. The Hall–Kier alpha value is -4.36. The van der Waals surface area contributed by atoms with Gasteiger partial charge in [-0.1, -0.05) is 36.4 Å². The largest absolute Gasteiger partial charge is 0.336 e. The first-order chi connectivity index (χ1) is 19.4. The van der Waals surface area contributed by atoms with Crippen LogP contribution in [0.1, 0.15) is 24.1 Å². The van der Waals surface area contributed by atoms with Crippen LogP contribution in [0.5, 0.6) is 0 Å². The van der Waals surface area contributed by atoms with Crippen LogP contribution in [0.3, 0.4) is 0 Å². The molecule has 1 saturated heterocycles. The first-order valence-electron chi connectivity index (χ1n) is 13.1. The number of carbonyl (C=O) groups excluding carboxylic acids is 1. The molecule has 0 unspecified atom stereocenters. The second-order valence-electron chi connectivity index (χ2n) is 10.1. The topological polar surface area (TPSA) is 147 Å². The van der Waals surface area contributed by atoms with Gasteiger partial charge in [-0.2, -0.15) is 4.31 Å². The highest BCUT2D eigenvalue weighted by Crippen LogP contribution is 2.29. The summed E-state index contributed by atoms with van der Waals surface area (Å²) in [6.45, 7) is 1.11. The Morgan fingerprint density at radius 3 is 2.60 bits per heavy atom. The van der Waals surface area contributed by atoms with Gasteiger partial charge in [-0.15, -0.1) is 0 Å². The highest BCUT2D eigenvalue weighted by atomic mass is 32.2. The van der Waals surface area contributed by atoms with E-state index in [9.17, 15) is 18.0 Å². The van der Waals surface area contributed by atoms with E-state index in [4.69, 9.17) is 9.61 Å². The number of hydrogen-bond acceptors (Lipinski definition) is 8. The van der Waals surface area contributed by atoms with Crippen molar-refractivity contribution in [2.24, 2.45) is 5.92 Å². The van der Waals surface area contributed by atoms with Gasteiger partial charge in [0.25, 0.3) is 5.56 Å². The second-order valence-corrected chi connectivity index (χ2v) is 12.1. The lowest BCUT2D eigenvalue weighted by molar-refractivity contribution is -0.137. The molecule has 0 aliphatic carbocycles. The van der Waals surface area contributed by atoms with Crippen molar-refractivity contribution >= 4 is 32.6 Å². The van der Waals surface area contributed by atoms with E-state index in [1.165, 1.54) is 14.9 Å². The molecule has 7 rings (SSSR count). The zero-order valence-corrected chi connectivity index (χ0v) is 22.2. The van der Waals surface area contributed by atoms with Gasteiger partial charge in [0, 0.05) is 37.2 Å². The molecule has 40 heavy (non-hydrogen) atoms. The smallest absolute Gasteiger partial charge is 0.276 e. The molecule has 0 spiro atoms. The van der Waals surface area contributed by atoms with Gasteiger partial charge in [0.15, 0.2) is 11.2 Å². The summed E-state index contributed by atoms with van der Waals surface area (Å²) in [6, 6.07) is 16.3. The SMILES string of the molecule is O=C(C1CCN(S(=O)(=O)c2cccc3nonc23)CC1)N1CCc2c(nc3cc(-c4ccccc4)[nH]n3c2=O)C1. The molecular weight excluding hydrogens is 534 g/mol. The molecular formula is C27H25N7O5S. The molecule has 0 saturated carbocycles. The average molecular weight is 560 g/mol. The van der Waals surface area contributed by atoms with Crippen molar-refractivity contribution < 1.29 is 17.8 Å². The molecule has 1 fully saturated rings. The summed E-state index contributed by atoms with van der Waals surface area (Å²) in [7, 11) is -3.82. The van der Waals surface area contributed by atoms with Crippen molar-refractivity contribution in [3.63, 3.8) is 0 Å². The molecule has 1 N–H and O–H groups in total. The van der Waals surface area contributed by atoms with Gasteiger partial charge in [0.2, 0.25) is 15.9 Å². The van der Waals surface area contributed by atoms with Crippen molar-refractivity contribution in [3.8, 4) is 11.3 Å². The molecule has 2 aliphatic rings. The number of piperidine rings is 1. The molecule has 3 aromatic heterocycles. The van der Waals surface area contributed by atoms with Crippen LogP contribution in [0.25, 0.3) is 27.9 Å². The number of H-pyrrole nitrogens is 1. The molecule has 12 nitrogen and oxygen atoms in total. The first kappa shape index (κ1) is 24.7. The van der Waals surface area contributed by atoms with Crippen LogP contribution in [0.15, 0.2) is 68.9 Å². The van der Waals surface area contributed by atoms with Gasteiger partial charge >= 0.3 is 0 Å². The molecule has 0 radical (unpaired) electrons. The number of benzene rings is 2. The van der Waals surface area contributed by atoms with Gasteiger partial charge in [-0.3, -0.25) is 14.7 Å². The van der Waals surface area contributed by atoms with E-state index in [1.54, 1.807) is 17.0 Å². The minimum atomic E-state index is -3.82. The van der Waals surface area contributed by atoms with E-state index >= 15 is 0 Å². The van der Waals surface area contributed by atoms with E-state index in [2.05, 4.69) is 15.4 Å². The number of aromatic amines is 1. The van der Waals surface area contributed by atoms with Crippen LogP contribution in [0, 0.1) is 5.92 Å². The third kappa shape index (κ3) is 4.00. The summed E-state index contributed by atoms with van der Waals surface area (Å²) in [5.41, 5.74) is 3.89. The Labute approximate surface area is 228 Å². The molecule has 5 heterocycles. The molecule has 0 atom stereocenters. The standard InChI is InChI=1S/C27H25N7O5S/c35-26(18-9-13-33(14-10-18)40(37,38)23-8-4-7-20-25(23)31-39-30-20)32-12-11-19-22(16-32)28-24-15-21(29-34(24)27(19)36)17-5-2-1-3-6-17/h1-8,15,18,29H,9-14,16H2. The van der Waals surface area contributed by atoms with E-state index in [1.807, 2.05) is 36.4 Å². The van der Waals surface area contributed by atoms with Crippen molar-refractivity contribution in [3.05, 3.63) is 76.2 Å². The molecule has 204 valence electrons. The number of amides is 1. The lowest BCUT2D eigenvalue weighted by atomic mass is 9.95. The third-order valence-electron chi connectivity index (χ3n) is 7.83. The van der Waals surface area contributed by atoms with Crippen molar-refractivity contribution in [1.82, 2.24) is 34.1 Å². The maximum Gasteiger partial charge on any atom is 0.276 e. The maximum atomic E-state index is 13.5. The van der Waals surface area contributed by atoms with Gasteiger partial charge in [0.1, 0.15) is 10.4 Å². The van der Waals surface area contributed by atoms with E-state index in [0.717, 1.165) is 11.3 Å². The van der Waals surface area contributed by atoms with Crippen molar-refractivity contribution in [1.29, 1.82) is 0 Å². The number of hydrogen-bond donors (Lipinski definition) is 1. The van der Waals surface area contributed by atoms with Crippen molar-refractivity contribution in [2.75, 3.05) is 19.6 Å². The molecule has 2 aromatic carbocycles. The van der Waals surface area contributed by atoms with Crippen LogP contribution in [-0.4, -0.2) is 68.1 Å².